The Balaban J connectivity index is 1.65. The average molecular weight is 404 g/mol. The first kappa shape index (κ1) is 20.1. The minimum atomic E-state index is -4.40. The number of halogens is 3. The van der Waals surface area contributed by atoms with E-state index in [1.54, 1.807) is 12.3 Å². The molecule has 1 aliphatic carbocycles. The molecule has 0 spiro atoms. The Kier molecular flexibility index (Phi) is 6.04. The van der Waals surface area contributed by atoms with E-state index in [1.165, 1.54) is 38.2 Å². The third-order valence-corrected chi connectivity index (χ3v) is 5.92. The minimum absolute atomic E-state index is 0.362. The lowest BCUT2D eigenvalue weighted by atomic mass is 9.86. The number of rotatable bonds is 4. The van der Waals surface area contributed by atoms with Crippen LogP contribution in [0, 0.1) is 5.92 Å². The first-order valence-corrected chi connectivity index (χ1v) is 10.5. The quantitative estimate of drug-likeness (QED) is 0.802. The van der Waals surface area contributed by atoms with Crippen molar-refractivity contribution in [2.24, 2.45) is 5.92 Å². The number of alkyl halides is 3. The third-order valence-electron chi connectivity index (χ3n) is 5.92. The molecule has 4 rings (SSSR count). The number of hydrogen-bond acceptors (Lipinski definition) is 4. The molecule has 2 fully saturated rings. The molecule has 3 heterocycles. The summed E-state index contributed by atoms with van der Waals surface area (Å²) in [5.41, 5.74) is 1.35. The van der Waals surface area contributed by atoms with Crippen molar-refractivity contribution in [1.29, 1.82) is 0 Å². The zero-order valence-electron chi connectivity index (χ0n) is 16.5. The fourth-order valence-corrected chi connectivity index (χ4v) is 4.32. The molecule has 2 aliphatic rings. The molecular weight excluding hydrogens is 377 g/mol. The van der Waals surface area contributed by atoms with Gasteiger partial charge >= 0.3 is 6.18 Å². The Labute approximate surface area is 169 Å². The number of nitrogens with zero attached hydrogens (tertiary/aromatic N) is 3. The van der Waals surface area contributed by atoms with Crippen LogP contribution in [0.4, 0.5) is 19.0 Å². The molecular formula is C22H27F3N4. The molecule has 1 aliphatic heterocycles. The van der Waals surface area contributed by atoms with Gasteiger partial charge in [0.15, 0.2) is 0 Å². The minimum Gasteiger partial charge on any atom is -0.354 e. The van der Waals surface area contributed by atoms with Gasteiger partial charge < -0.3 is 10.2 Å². The average Bonchev–Trinajstić information content (AvgIpc) is 2.74. The molecule has 1 N–H and O–H groups in total. The summed E-state index contributed by atoms with van der Waals surface area (Å²) in [4.78, 5) is 11.0. The zero-order chi connectivity index (χ0) is 20.3. The summed E-state index contributed by atoms with van der Waals surface area (Å²) in [5.74, 6) is 1.01. The smallest absolute Gasteiger partial charge is 0.354 e. The SMILES string of the molecule is FC(F)(F)c1cc(-c2ccnc(CC3CCCCC3)c2)nc(N2CCNCC2)c1. The van der Waals surface area contributed by atoms with E-state index in [9.17, 15) is 13.2 Å². The predicted molar refractivity (Wildman–Crippen MR) is 108 cm³/mol. The number of aromatic nitrogens is 2. The van der Waals surface area contributed by atoms with E-state index in [4.69, 9.17) is 0 Å². The van der Waals surface area contributed by atoms with Gasteiger partial charge in [-0.25, -0.2) is 4.98 Å². The fourth-order valence-electron chi connectivity index (χ4n) is 4.32. The molecule has 2 aromatic heterocycles. The molecule has 29 heavy (non-hydrogen) atoms. The Morgan fingerprint density at radius 1 is 1.03 bits per heavy atom. The van der Waals surface area contributed by atoms with Crippen molar-refractivity contribution in [2.75, 3.05) is 31.1 Å². The molecule has 0 bridgehead atoms. The second kappa shape index (κ2) is 8.69. The first-order valence-electron chi connectivity index (χ1n) is 10.5. The maximum Gasteiger partial charge on any atom is 0.416 e. The highest BCUT2D eigenvalue weighted by Gasteiger charge is 2.32. The van der Waals surface area contributed by atoms with Crippen molar-refractivity contribution in [3.05, 3.63) is 41.7 Å². The topological polar surface area (TPSA) is 41.1 Å². The van der Waals surface area contributed by atoms with Gasteiger partial charge in [-0.2, -0.15) is 13.2 Å². The normalized spacial score (nSPS) is 18.8. The van der Waals surface area contributed by atoms with Crippen LogP contribution in [0.3, 0.4) is 0 Å². The second-order valence-corrected chi connectivity index (χ2v) is 8.08. The predicted octanol–water partition coefficient (Wildman–Crippen LogP) is 4.69. The van der Waals surface area contributed by atoms with E-state index < -0.39 is 11.7 Å². The van der Waals surface area contributed by atoms with Crippen molar-refractivity contribution in [3.63, 3.8) is 0 Å². The van der Waals surface area contributed by atoms with E-state index >= 15 is 0 Å². The van der Waals surface area contributed by atoms with Crippen LogP contribution in [-0.4, -0.2) is 36.1 Å². The third kappa shape index (κ3) is 5.07. The Hall–Kier alpha value is -2.15. The number of piperazine rings is 1. The van der Waals surface area contributed by atoms with Crippen LogP contribution in [0.5, 0.6) is 0 Å². The number of anilines is 1. The van der Waals surface area contributed by atoms with Crippen LogP contribution in [0.25, 0.3) is 11.3 Å². The highest BCUT2D eigenvalue weighted by Crippen LogP contribution is 2.34. The highest BCUT2D eigenvalue weighted by molar-refractivity contribution is 5.63. The highest BCUT2D eigenvalue weighted by atomic mass is 19.4. The van der Waals surface area contributed by atoms with Gasteiger partial charge in [0.05, 0.1) is 11.3 Å². The molecule has 0 amide bonds. The standard InChI is InChI=1S/C22H27F3N4/c23-22(24,25)18-14-20(28-21(15-18)29-10-8-26-9-11-29)17-6-7-27-19(13-17)12-16-4-2-1-3-5-16/h6-7,13-16,26H,1-5,8-12H2. The van der Waals surface area contributed by atoms with E-state index in [2.05, 4.69) is 15.3 Å². The summed E-state index contributed by atoms with van der Waals surface area (Å²) in [6.45, 7) is 2.79. The summed E-state index contributed by atoms with van der Waals surface area (Å²) >= 11 is 0. The first-order chi connectivity index (χ1) is 14.0. The molecule has 2 aromatic rings. The molecule has 0 unspecified atom stereocenters. The summed E-state index contributed by atoms with van der Waals surface area (Å²) in [5, 5.41) is 3.22. The Morgan fingerprint density at radius 2 is 1.79 bits per heavy atom. The van der Waals surface area contributed by atoms with Gasteiger partial charge in [0, 0.05) is 43.6 Å². The molecule has 1 saturated carbocycles. The van der Waals surface area contributed by atoms with Crippen LogP contribution < -0.4 is 10.2 Å². The van der Waals surface area contributed by atoms with Crippen molar-refractivity contribution in [2.45, 2.75) is 44.7 Å². The van der Waals surface area contributed by atoms with E-state index in [0.717, 1.165) is 31.3 Å². The van der Waals surface area contributed by atoms with Gasteiger partial charge in [0.25, 0.3) is 0 Å². The van der Waals surface area contributed by atoms with Gasteiger partial charge in [-0.15, -0.1) is 0 Å². The molecule has 7 heteroatoms. The lowest BCUT2D eigenvalue weighted by Crippen LogP contribution is -2.44. The van der Waals surface area contributed by atoms with Crippen molar-refractivity contribution in [3.8, 4) is 11.3 Å². The van der Waals surface area contributed by atoms with Gasteiger partial charge in [-0.1, -0.05) is 32.1 Å². The molecule has 4 nitrogen and oxygen atoms in total. The lowest BCUT2D eigenvalue weighted by molar-refractivity contribution is -0.137. The van der Waals surface area contributed by atoms with Crippen molar-refractivity contribution >= 4 is 5.82 Å². The Bertz CT molecular complexity index is 825. The summed E-state index contributed by atoms with van der Waals surface area (Å²) in [7, 11) is 0. The van der Waals surface area contributed by atoms with E-state index in [0.29, 0.717) is 36.1 Å². The van der Waals surface area contributed by atoms with Crippen molar-refractivity contribution < 1.29 is 13.2 Å². The lowest BCUT2D eigenvalue weighted by Gasteiger charge is -2.29. The van der Waals surface area contributed by atoms with Gasteiger partial charge in [0.1, 0.15) is 5.82 Å². The summed E-state index contributed by atoms with van der Waals surface area (Å²) in [6.07, 6.45) is 4.41. The molecule has 156 valence electrons. The van der Waals surface area contributed by atoms with Gasteiger partial charge in [-0.05, 0) is 36.6 Å². The summed E-state index contributed by atoms with van der Waals surface area (Å²) < 4.78 is 40.6. The number of pyridine rings is 2. The summed E-state index contributed by atoms with van der Waals surface area (Å²) in [6, 6.07) is 6.00. The monoisotopic (exact) mass is 404 g/mol. The van der Waals surface area contributed by atoms with E-state index in [-0.39, 0.29) is 0 Å². The maximum absolute atomic E-state index is 13.5. The van der Waals surface area contributed by atoms with E-state index in [1.807, 2.05) is 11.0 Å². The van der Waals surface area contributed by atoms with Gasteiger partial charge in [0.2, 0.25) is 0 Å². The number of nitrogens with one attached hydrogen (secondary N) is 1. The molecule has 0 atom stereocenters. The molecule has 1 saturated heterocycles. The second-order valence-electron chi connectivity index (χ2n) is 8.08. The maximum atomic E-state index is 13.5. The zero-order valence-corrected chi connectivity index (χ0v) is 16.5. The Morgan fingerprint density at radius 3 is 2.52 bits per heavy atom. The van der Waals surface area contributed by atoms with Crippen LogP contribution in [-0.2, 0) is 12.6 Å². The van der Waals surface area contributed by atoms with Gasteiger partial charge in [-0.3, -0.25) is 4.98 Å². The van der Waals surface area contributed by atoms with Crippen LogP contribution >= 0.6 is 0 Å². The van der Waals surface area contributed by atoms with Crippen LogP contribution in [0.15, 0.2) is 30.5 Å². The van der Waals surface area contributed by atoms with Crippen molar-refractivity contribution in [1.82, 2.24) is 15.3 Å². The molecule has 0 aromatic carbocycles. The van der Waals surface area contributed by atoms with Crippen LogP contribution in [0.2, 0.25) is 0 Å². The number of hydrogen-bond donors (Lipinski definition) is 1. The largest absolute Gasteiger partial charge is 0.416 e. The molecule has 0 radical (unpaired) electrons. The van der Waals surface area contributed by atoms with Crippen LogP contribution in [0.1, 0.15) is 43.4 Å². The fraction of sp³-hybridized carbons (Fsp3) is 0.545.